The number of hydrogen-bond acceptors (Lipinski definition) is 5. The van der Waals surface area contributed by atoms with Gasteiger partial charge in [-0.25, -0.2) is 8.42 Å². The number of benzene rings is 2. The van der Waals surface area contributed by atoms with E-state index in [1.54, 1.807) is 35.2 Å². The molecule has 0 radical (unpaired) electrons. The highest BCUT2D eigenvalue weighted by atomic mass is 32.2. The molecule has 8 nitrogen and oxygen atoms in total. The molecule has 2 aromatic rings. The number of hydrogen-bond donors (Lipinski definition) is 0. The summed E-state index contributed by atoms with van der Waals surface area (Å²) >= 11 is 0. The van der Waals surface area contributed by atoms with Crippen molar-refractivity contribution in [2.24, 2.45) is 0 Å². The third-order valence-corrected chi connectivity index (χ3v) is 6.19. The molecule has 1 saturated heterocycles. The summed E-state index contributed by atoms with van der Waals surface area (Å²) in [6, 6.07) is 11.1. The van der Waals surface area contributed by atoms with E-state index >= 15 is 0 Å². The fraction of sp³-hybridized carbons (Fsp3) is 0.235. The van der Waals surface area contributed by atoms with E-state index < -0.39 is 26.5 Å². The van der Waals surface area contributed by atoms with Gasteiger partial charge in [0, 0.05) is 37.8 Å². The van der Waals surface area contributed by atoms with Gasteiger partial charge in [-0.1, -0.05) is 18.2 Å². The van der Waals surface area contributed by atoms with Gasteiger partial charge in [0.1, 0.15) is 0 Å². The maximum Gasteiger partial charge on any atom is 0.306 e. The van der Waals surface area contributed by atoms with Crippen molar-refractivity contribution in [3.63, 3.8) is 0 Å². The fourth-order valence-electron chi connectivity index (χ4n) is 2.84. The van der Waals surface area contributed by atoms with Crippen LogP contribution in [0, 0.1) is 15.9 Å². The Labute approximate surface area is 155 Å². The van der Waals surface area contributed by atoms with E-state index in [1.807, 2.05) is 0 Å². The van der Waals surface area contributed by atoms with Crippen LogP contribution in [0.5, 0.6) is 0 Å². The Morgan fingerprint density at radius 1 is 1.04 bits per heavy atom. The van der Waals surface area contributed by atoms with Crippen LogP contribution in [0.15, 0.2) is 53.4 Å². The van der Waals surface area contributed by atoms with Gasteiger partial charge in [0.2, 0.25) is 15.8 Å². The minimum atomic E-state index is -4.02. The minimum absolute atomic E-state index is 0.0477. The molecule has 2 aromatic carbocycles. The Morgan fingerprint density at radius 3 is 2.26 bits per heavy atom. The number of nitro benzene ring substituents is 1. The quantitative estimate of drug-likeness (QED) is 0.583. The van der Waals surface area contributed by atoms with E-state index in [-0.39, 0.29) is 37.0 Å². The van der Waals surface area contributed by atoms with E-state index in [0.29, 0.717) is 11.6 Å². The van der Waals surface area contributed by atoms with Crippen molar-refractivity contribution in [3.8, 4) is 0 Å². The zero-order valence-corrected chi connectivity index (χ0v) is 14.9. The Bertz CT molecular complexity index is 973. The number of nitro groups is 1. The molecule has 1 fully saturated rings. The van der Waals surface area contributed by atoms with Gasteiger partial charge in [0.05, 0.1) is 9.82 Å². The van der Waals surface area contributed by atoms with Crippen molar-refractivity contribution in [1.82, 2.24) is 9.21 Å². The van der Waals surface area contributed by atoms with Crippen molar-refractivity contribution in [2.45, 2.75) is 4.90 Å². The van der Waals surface area contributed by atoms with Gasteiger partial charge in [0.25, 0.3) is 5.91 Å². The predicted molar refractivity (Wildman–Crippen MR) is 94.2 cm³/mol. The summed E-state index contributed by atoms with van der Waals surface area (Å²) in [4.78, 5) is 23.5. The molecule has 1 heterocycles. The number of sulfonamides is 1. The van der Waals surface area contributed by atoms with E-state index in [2.05, 4.69) is 0 Å². The number of nitrogens with zero attached hydrogens (tertiary/aromatic N) is 3. The zero-order chi connectivity index (χ0) is 19.6. The standard InChI is InChI=1S/C17H16FN3O5S/c18-15-7-6-14(12-16(15)21(23)24)27(25,26)20-10-8-19(9-11-20)17(22)13-4-2-1-3-5-13/h1-7,12H,8-11H2. The summed E-state index contributed by atoms with van der Waals surface area (Å²) in [5.74, 6) is -1.29. The Balaban J connectivity index is 1.74. The molecule has 0 N–H and O–H groups in total. The molecule has 10 heteroatoms. The number of carbonyl (C=O) groups excluding carboxylic acids is 1. The molecule has 142 valence electrons. The summed E-state index contributed by atoms with van der Waals surface area (Å²) in [5, 5.41) is 10.8. The smallest absolute Gasteiger partial charge is 0.306 e. The SMILES string of the molecule is O=C(c1ccccc1)N1CCN(S(=O)(=O)c2ccc(F)c([N+](=O)[O-])c2)CC1. The third kappa shape index (κ3) is 3.81. The second-order valence-corrected chi connectivity index (χ2v) is 7.87. The van der Waals surface area contributed by atoms with Crippen molar-refractivity contribution in [3.05, 3.63) is 70.0 Å². The number of rotatable bonds is 4. The predicted octanol–water partition coefficient (Wildman–Crippen LogP) is 1.88. The van der Waals surface area contributed by atoms with Crippen LogP contribution < -0.4 is 0 Å². The topological polar surface area (TPSA) is 101 Å². The molecular weight excluding hydrogens is 377 g/mol. The monoisotopic (exact) mass is 393 g/mol. The van der Waals surface area contributed by atoms with Crippen LogP contribution in [0.3, 0.4) is 0 Å². The first-order valence-electron chi connectivity index (χ1n) is 8.09. The number of halogens is 1. The molecule has 1 amide bonds. The lowest BCUT2D eigenvalue weighted by Crippen LogP contribution is -2.50. The lowest BCUT2D eigenvalue weighted by molar-refractivity contribution is -0.387. The van der Waals surface area contributed by atoms with Gasteiger partial charge in [-0.05, 0) is 24.3 Å². The number of amides is 1. The molecule has 0 unspecified atom stereocenters. The molecule has 0 aromatic heterocycles. The molecule has 1 aliphatic heterocycles. The summed E-state index contributed by atoms with van der Waals surface area (Å²) in [6.45, 7) is 0.477. The maximum absolute atomic E-state index is 13.5. The molecule has 3 rings (SSSR count). The van der Waals surface area contributed by atoms with Gasteiger partial charge in [0.15, 0.2) is 0 Å². The largest absolute Gasteiger partial charge is 0.336 e. The van der Waals surface area contributed by atoms with Crippen molar-refractivity contribution in [2.75, 3.05) is 26.2 Å². The van der Waals surface area contributed by atoms with Crippen molar-refractivity contribution >= 4 is 21.6 Å². The molecule has 0 aliphatic carbocycles. The molecule has 0 spiro atoms. The van der Waals surface area contributed by atoms with Crippen LogP contribution in [-0.4, -0.2) is 54.6 Å². The first kappa shape index (κ1) is 18.9. The Hall–Kier alpha value is -2.85. The highest BCUT2D eigenvalue weighted by Crippen LogP contribution is 2.25. The highest BCUT2D eigenvalue weighted by molar-refractivity contribution is 7.89. The van der Waals surface area contributed by atoms with Gasteiger partial charge in [-0.2, -0.15) is 8.70 Å². The summed E-state index contributed by atoms with van der Waals surface area (Å²) in [5.41, 5.74) is -0.378. The molecule has 27 heavy (non-hydrogen) atoms. The molecule has 0 saturated carbocycles. The van der Waals surface area contributed by atoms with Gasteiger partial charge < -0.3 is 4.90 Å². The maximum atomic E-state index is 13.5. The van der Waals surface area contributed by atoms with Crippen LogP contribution in [0.25, 0.3) is 0 Å². The van der Waals surface area contributed by atoms with Crippen LogP contribution >= 0.6 is 0 Å². The summed E-state index contributed by atoms with van der Waals surface area (Å²) in [6.07, 6.45) is 0. The van der Waals surface area contributed by atoms with E-state index in [4.69, 9.17) is 0 Å². The lowest BCUT2D eigenvalue weighted by atomic mass is 10.2. The number of piperazine rings is 1. The first-order valence-corrected chi connectivity index (χ1v) is 9.53. The zero-order valence-electron chi connectivity index (χ0n) is 14.1. The molecule has 0 bridgehead atoms. The normalized spacial score (nSPS) is 15.5. The third-order valence-electron chi connectivity index (χ3n) is 4.30. The van der Waals surface area contributed by atoms with Gasteiger partial charge in [-0.3, -0.25) is 14.9 Å². The lowest BCUT2D eigenvalue weighted by Gasteiger charge is -2.34. The van der Waals surface area contributed by atoms with Crippen LogP contribution in [0.2, 0.25) is 0 Å². The summed E-state index contributed by atoms with van der Waals surface area (Å²) in [7, 11) is -4.02. The highest BCUT2D eigenvalue weighted by Gasteiger charge is 2.32. The average Bonchev–Trinajstić information content (AvgIpc) is 2.68. The minimum Gasteiger partial charge on any atom is -0.336 e. The van der Waals surface area contributed by atoms with Crippen LogP contribution in [0.4, 0.5) is 10.1 Å². The fourth-order valence-corrected chi connectivity index (χ4v) is 4.28. The average molecular weight is 393 g/mol. The van der Waals surface area contributed by atoms with E-state index in [9.17, 15) is 27.7 Å². The van der Waals surface area contributed by atoms with E-state index in [1.165, 1.54) is 0 Å². The Morgan fingerprint density at radius 2 is 1.67 bits per heavy atom. The van der Waals surface area contributed by atoms with Crippen molar-refractivity contribution < 1.29 is 22.5 Å². The second kappa shape index (κ2) is 7.41. The van der Waals surface area contributed by atoms with Crippen LogP contribution in [-0.2, 0) is 10.0 Å². The van der Waals surface area contributed by atoms with Crippen molar-refractivity contribution in [1.29, 1.82) is 0 Å². The second-order valence-electron chi connectivity index (χ2n) is 5.93. The van der Waals surface area contributed by atoms with Crippen LogP contribution in [0.1, 0.15) is 10.4 Å². The Kier molecular flexibility index (Phi) is 5.19. The van der Waals surface area contributed by atoms with Gasteiger partial charge in [-0.15, -0.1) is 0 Å². The van der Waals surface area contributed by atoms with E-state index in [0.717, 1.165) is 16.4 Å². The summed E-state index contributed by atoms with van der Waals surface area (Å²) < 4.78 is 40.0. The molecule has 0 atom stereocenters. The van der Waals surface area contributed by atoms with Gasteiger partial charge >= 0.3 is 5.69 Å². The molecule has 1 aliphatic rings. The molecular formula is C17H16FN3O5S. The number of carbonyl (C=O) groups is 1. The first-order chi connectivity index (χ1) is 12.8.